The molecule has 3 unspecified atom stereocenters. The van der Waals surface area contributed by atoms with Crippen LogP contribution in [0.3, 0.4) is 0 Å². The highest BCUT2D eigenvalue weighted by molar-refractivity contribution is 6.02. The minimum absolute atomic E-state index is 0.0334. The molecule has 6 rings (SSSR count). The third-order valence-electron chi connectivity index (χ3n) is 8.63. The van der Waals surface area contributed by atoms with Crippen molar-refractivity contribution in [2.45, 2.75) is 69.1 Å². The number of guanidine groups is 2. The molecule has 2 saturated heterocycles. The molecule has 13 nitrogen and oxygen atoms in total. The standard InChI is InChI=1S/C25H32N8O5/c1-23(2)8-12-4-3-5-13(14(12)9-23)20(36)29-16-11-33-22(27)28-15(10-32-17(34)6-7-18(32)35)19-24(33,25(16,37)38)31-21(26)30-19/h3-5,15-16,19,37-38H,6-11H2,1-2H3,(H6,26,27,28,29,30,31,36)/p+2/t15?,16-,19?,24?/m0/s1. The van der Waals surface area contributed by atoms with Gasteiger partial charge in [-0.05, 0) is 35.4 Å². The number of aliphatic hydroxyl groups is 2. The number of likely N-dealkylation sites (tertiary alicyclic amines) is 1. The summed E-state index contributed by atoms with van der Waals surface area (Å²) in [4.78, 5) is 42.3. The van der Waals surface area contributed by atoms with E-state index in [9.17, 15) is 24.6 Å². The molecular weight excluding hydrogens is 492 g/mol. The van der Waals surface area contributed by atoms with E-state index in [-0.39, 0.29) is 55.1 Å². The number of benzene rings is 1. The van der Waals surface area contributed by atoms with Crippen LogP contribution in [0.5, 0.6) is 0 Å². The molecule has 1 aromatic rings. The molecule has 5 aliphatic rings. The molecule has 4 atom stereocenters. The van der Waals surface area contributed by atoms with E-state index in [2.05, 4.69) is 34.8 Å². The highest BCUT2D eigenvalue weighted by Crippen LogP contribution is 2.40. The lowest BCUT2D eigenvalue weighted by Crippen LogP contribution is -2.92. The van der Waals surface area contributed by atoms with Crippen molar-refractivity contribution in [2.75, 3.05) is 13.1 Å². The number of carbonyl (C=O) groups is 3. The molecule has 1 aromatic carbocycles. The maximum Gasteiger partial charge on any atom is 0.347 e. The van der Waals surface area contributed by atoms with E-state index in [4.69, 9.17) is 11.5 Å². The first kappa shape index (κ1) is 24.6. The molecule has 0 radical (unpaired) electrons. The summed E-state index contributed by atoms with van der Waals surface area (Å²) < 4.78 is 1.53. The number of hydrogen-bond acceptors (Lipinski definition) is 9. The third kappa shape index (κ3) is 3.34. The van der Waals surface area contributed by atoms with Crippen molar-refractivity contribution in [1.29, 1.82) is 0 Å². The maximum absolute atomic E-state index is 13.5. The average Bonchev–Trinajstić information content (AvgIpc) is 3.52. The van der Waals surface area contributed by atoms with Gasteiger partial charge in [0.2, 0.25) is 11.8 Å². The number of carbonyl (C=O) groups excluding carboxylic acids is 3. The van der Waals surface area contributed by atoms with Gasteiger partial charge in [-0.1, -0.05) is 26.0 Å². The quantitative estimate of drug-likeness (QED) is 0.108. The number of imide groups is 1. The van der Waals surface area contributed by atoms with Crippen LogP contribution in [0.25, 0.3) is 0 Å². The first-order chi connectivity index (χ1) is 17.8. The fourth-order valence-corrected chi connectivity index (χ4v) is 6.93. The zero-order valence-corrected chi connectivity index (χ0v) is 21.4. The summed E-state index contributed by atoms with van der Waals surface area (Å²) in [5.74, 6) is -3.40. The summed E-state index contributed by atoms with van der Waals surface area (Å²) in [6, 6.07) is 2.93. The van der Waals surface area contributed by atoms with E-state index in [1.807, 2.05) is 12.1 Å². The van der Waals surface area contributed by atoms with E-state index in [1.165, 1.54) is 4.58 Å². The summed E-state index contributed by atoms with van der Waals surface area (Å²) in [6.07, 6.45) is 1.87. The monoisotopic (exact) mass is 526 g/mol. The van der Waals surface area contributed by atoms with Gasteiger partial charge in [-0.3, -0.25) is 41.1 Å². The summed E-state index contributed by atoms with van der Waals surface area (Å²) in [7, 11) is 0. The number of hydrogen-bond donors (Lipinski definition) is 8. The Kier molecular flexibility index (Phi) is 5.12. The van der Waals surface area contributed by atoms with E-state index in [0.717, 1.165) is 28.9 Å². The predicted octanol–water partition coefficient (Wildman–Crippen LogP) is -4.88. The summed E-state index contributed by atoms with van der Waals surface area (Å²) in [5, 5.41) is 32.2. The van der Waals surface area contributed by atoms with Crippen LogP contribution >= 0.6 is 0 Å². The minimum Gasteiger partial charge on any atom is -0.358 e. The number of nitrogens with zero attached hydrogens (tertiary/aromatic N) is 2. The Balaban J connectivity index is 1.31. The van der Waals surface area contributed by atoms with Gasteiger partial charge < -0.3 is 15.5 Å². The summed E-state index contributed by atoms with van der Waals surface area (Å²) >= 11 is 0. The van der Waals surface area contributed by atoms with Gasteiger partial charge in [-0.15, -0.1) is 0 Å². The molecule has 38 heavy (non-hydrogen) atoms. The predicted molar refractivity (Wildman–Crippen MR) is 133 cm³/mol. The Labute approximate surface area is 218 Å². The number of nitrogens with one attached hydrogen (secondary N) is 4. The molecule has 0 bridgehead atoms. The van der Waals surface area contributed by atoms with Crippen LogP contribution < -0.4 is 32.4 Å². The van der Waals surface area contributed by atoms with Crippen LogP contribution in [0, 0.1) is 5.41 Å². The molecule has 4 aliphatic heterocycles. The largest absolute Gasteiger partial charge is 0.358 e. The summed E-state index contributed by atoms with van der Waals surface area (Å²) in [5.41, 5.74) is 13.4. The van der Waals surface area contributed by atoms with Gasteiger partial charge in [0.1, 0.15) is 12.1 Å². The molecule has 13 heteroatoms. The molecule has 10 N–H and O–H groups in total. The Morgan fingerprint density at radius 1 is 1.21 bits per heavy atom. The van der Waals surface area contributed by atoms with Crippen LogP contribution in [0.4, 0.5) is 0 Å². The second kappa shape index (κ2) is 7.90. The molecule has 3 amide bonds. The van der Waals surface area contributed by atoms with Crippen molar-refractivity contribution in [1.82, 2.24) is 20.9 Å². The van der Waals surface area contributed by atoms with Gasteiger partial charge in [-0.25, -0.2) is 9.89 Å². The molecule has 202 valence electrons. The van der Waals surface area contributed by atoms with E-state index in [1.54, 1.807) is 6.07 Å². The van der Waals surface area contributed by atoms with Gasteiger partial charge in [0, 0.05) is 18.4 Å². The SMILES string of the molecule is CC1(C)Cc2cccc(C(=O)N[C@H]3C[N+]4=C(N)NC(CN5C(=O)CCC5=O)C5[NH+]=C(N)NC54C3(O)O)c2C1. The molecule has 1 spiro atoms. The Hall–Kier alpha value is -3.71. The Morgan fingerprint density at radius 2 is 1.92 bits per heavy atom. The normalized spacial score (nSPS) is 32.4. The average molecular weight is 527 g/mol. The van der Waals surface area contributed by atoms with Crippen LogP contribution in [0.15, 0.2) is 18.2 Å². The Bertz CT molecular complexity index is 1320. The second-order valence-corrected chi connectivity index (χ2v) is 11.8. The number of rotatable bonds is 4. The molecule has 2 fully saturated rings. The topological polar surface area (TPSA) is 200 Å². The van der Waals surface area contributed by atoms with Gasteiger partial charge >= 0.3 is 11.9 Å². The van der Waals surface area contributed by atoms with Crippen molar-refractivity contribution < 1.29 is 34.2 Å². The van der Waals surface area contributed by atoms with Crippen molar-refractivity contribution in [3.8, 4) is 0 Å². The van der Waals surface area contributed by atoms with E-state index < -0.39 is 35.5 Å². The van der Waals surface area contributed by atoms with Gasteiger partial charge in [0.25, 0.3) is 17.4 Å². The zero-order chi connectivity index (χ0) is 27.2. The van der Waals surface area contributed by atoms with Crippen molar-refractivity contribution in [3.05, 3.63) is 34.9 Å². The molecule has 1 aliphatic carbocycles. The smallest absolute Gasteiger partial charge is 0.347 e. The molecular formula is C25H34N8O5+2. The number of nitrogens with two attached hydrogens (primary N) is 2. The first-order valence-electron chi connectivity index (χ1n) is 12.9. The van der Waals surface area contributed by atoms with Gasteiger partial charge in [-0.2, -0.15) is 0 Å². The van der Waals surface area contributed by atoms with Crippen molar-refractivity contribution >= 4 is 29.6 Å². The molecule has 0 aromatic heterocycles. The van der Waals surface area contributed by atoms with Crippen LogP contribution in [0.1, 0.15) is 48.2 Å². The lowest BCUT2D eigenvalue weighted by molar-refractivity contribution is -0.674. The van der Waals surface area contributed by atoms with E-state index >= 15 is 0 Å². The van der Waals surface area contributed by atoms with E-state index in [0.29, 0.717) is 5.56 Å². The molecule has 4 heterocycles. The Morgan fingerprint density at radius 3 is 2.63 bits per heavy atom. The number of amides is 3. The van der Waals surface area contributed by atoms with Crippen LogP contribution in [0.2, 0.25) is 0 Å². The minimum atomic E-state index is -2.55. The van der Waals surface area contributed by atoms with Crippen LogP contribution in [-0.2, 0) is 22.4 Å². The lowest BCUT2D eigenvalue weighted by Gasteiger charge is -2.41. The maximum atomic E-state index is 13.5. The summed E-state index contributed by atoms with van der Waals surface area (Å²) in [6.45, 7) is 4.23. The van der Waals surface area contributed by atoms with Crippen molar-refractivity contribution in [3.63, 3.8) is 0 Å². The zero-order valence-electron chi connectivity index (χ0n) is 21.4. The highest BCUT2D eigenvalue weighted by atomic mass is 16.5. The van der Waals surface area contributed by atoms with Crippen molar-refractivity contribution in [2.24, 2.45) is 16.9 Å². The highest BCUT2D eigenvalue weighted by Gasteiger charge is 2.78. The molecule has 0 saturated carbocycles. The fraction of sp³-hybridized carbons (Fsp3) is 0.560. The van der Waals surface area contributed by atoms with Gasteiger partial charge in [0.05, 0.1) is 13.1 Å². The van der Waals surface area contributed by atoms with Crippen LogP contribution in [-0.4, -0.2) is 92.0 Å². The first-order valence-corrected chi connectivity index (χ1v) is 12.9. The second-order valence-electron chi connectivity index (χ2n) is 11.8. The number of fused-ring (bicyclic) bond motifs is 1. The van der Waals surface area contributed by atoms with Gasteiger partial charge in [0.15, 0.2) is 6.04 Å². The lowest BCUT2D eigenvalue weighted by atomic mass is 9.85. The fourth-order valence-electron chi connectivity index (χ4n) is 6.93. The third-order valence-corrected chi connectivity index (χ3v) is 8.63.